The zero-order valence-corrected chi connectivity index (χ0v) is 14.0. The maximum atomic E-state index is 12.6. The van der Waals surface area contributed by atoms with Gasteiger partial charge in [0.05, 0.1) is 6.54 Å². The van der Waals surface area contributed by atoms with E-state index in [1.807, 2.05) is 25.1 Å². The minimum Gasteiger partial charge on any atom is -0.464 e. The quantitative estimate of drug-likeness (QED) is 0.773. The minimum atomic E-state index is -0.0404. The number of hydrogen-bond acceptors (Lipinski definition) is 2. The predicted molar refractivity (Wildman–Crippen MR) is 91.6 cm³/mol. The molecule has 0 saturated heterocycles. The van der Waals surface area contributed by atoms with Gasteiger partial charge in [0.15, 0.2) is 0 Å². The zero-order chi connectivity index (χ0) is 16.6. The first-order valence-electron chi connectivity index (χ1n) is 7.87. The molecule has 2 aromatic heterocycles. The molecule has 1 N–H and O–H groups in total. The molecule has 2 heterocycles. The van der Waals surface area contributed by atoms with Gasteiger partial charge in [0.2, 0.25) is 0 Å². The molecule has 0 atom stereocenters. The lowest BCUT2D eigenvalue weighted by Crippen LogP contribution is -2.26. The molecule has 0 unspecified atom stereocenters. The van der Waals surface area contributed by atoms with Gasteiger partial charge in [-0.15, -0.1) is 0 Å². The highest BCUT2D eigenvalue weighted by atomic mass is 16.3. The van der Waals surface area contributed by atoms with Crippen LogP contribution in [0.3, 0.4) is 0 Å². The number of carbonyl (C=O) groups is 1. The van der Waals surface area contributed by atoms with Crippen LogP contribution in [0.5, 0.6) is 0 Å². The monoisotopic (exact) mass is 310 g/mol. The Bertz CT molecular complexity index is 842. The Kier molecular flexibility index (Phi) is 3.99. The highest BCUT2D eigenvalue weighted by molar-refractivity contribution is 5.98. The van der Waals surface area contributed by atoms with Gasteiger partial charge in [-0.3, -0.25) is 4.79 Å². The van der Waals surface area contributed by atoms with Crippen LogP contribution in [-0.4, -0.2) is 22.8 Å². The fourth-order valence-electron chi connectivity index (χ4n) is 2.70. The van der Waals surface area contributed by atoms with Gasteiger partial charge in [0.1, 0.15) is 17.2 Å². The molecule has 4 nitrogen and oxygen atoms in total. The molecule has 4 heteroatoms. The molecule has 1 aromatic carbocycles. The standard InChI is InChI=1S/C19H22N2O2/c1-12(2)14-6-7-15-10-18(20-17(15)9-14)19(22)21(4)11-16-8-5-13(3)23-16/h5-10,12,20H,11H2,1-4H3. The molecule has 120 valence electrons. The molecular formula is C19H22N2O2. The van der Waals surface area contributed by atoms with E-state index in [9.17, 15) is 4.79 Å². The molecule has 0 radical (unpaired) electrons. The van der Waals surface area contributed by atoms with Crippen molar-refractivity contribution in [3.8, 4) is 0 Å². The lowest BCUT2D eigenvalue weighted by molar-refractivity contribution is 0.0770. The second-order valence-electron chi connectivity index (χ2n) is 6.36. The number of rotatable bonds is 4. The average Bonchev–Trinajstić information content (AvgIpc) is 3.11. The van der Waals surface area contributed by atoms with Gasteiger partial charge in [-0.25, -0.2) is 0 Å². The molecule has 0 spiro atoms. The van der Waals surface area contributed by atoms with Crippen LogP contribution >= 0.6 is 0 Å². The summed E-state index contributed by atoms with van der Waals surface area (Å²) >= 11 is 0. The van der Waals surface area contributed by atoms with E-state index in [1.54, 1.807) is 11.9 Å². The molecule has 23 heavy (non-hydrogen) atoms. The lowest BCUT2D eigenvalue weighted by Gasteiger charge is -2.14. The van der Waals surface area contributed by atoms with Crippen molar-refractivity contribution in [3.63, 3.8) is 0 Å². The topological polar surface area (TPSA) is 49.2 Å². The Morgan fingerprint density at radius 2 is 2.00 bits per heavy atom. The Morgan fingerprint density at radius 3 is 2.65 bits per heavy atom. The van der Waals surface area contributed by atoms with Crippen LogP contribution in [0.25, 0.3) is 10.9 Å². The van der Waals surface area contributed by atoms with Gasteiger partial charge < -0.3 is 14.3 Å². The van der Waals surface area contributed by atoms with Crippen molar-refractivity contribution in [2.24, 2.45) is 0 Å². The van der Waals surface area contributed by atoms with Gasteiger partial charge in [-0.1, -0.05) is 26.0 Å². The van der Waals surface area contributed by atoms with Crippen LogP contribution < -0.4 is 0 Å². The first kappa shape index (κ1) is 15.4. The number of hydrogen-bond donors (Lipinski definition) is 1. The van der Waals surface area contributed by atoms with Crippen molar-refractivity contribution >= 4 is 16.8 Å². The number of nitrogens with one attached hydrogen (secondary N) is 1. The maximum Gasteiger partial charge on any atom is 0.270 e. The van der Waals surface area contributed by atoms with E-state index in [2.05, 4.69) is 37.0 Å². The Morgan fingerprint density at radius 1 is 1.22 bits per heavy atom. The van der Waals surface area contributed by atoms with Gasteiger partial charge in [-0.05, 0) is 42.7 Å². The van der Waals surface area contributed by atoms with E-state index in [0.29, 0.717) is 18.2 Å². The summed E-state index contributed by atoms with van der Waals surface area (Å²) in [5, 5.41) is 1.06. The Labute approximate surface area is 136 Å². The van der Waals surface area contributed by atoms with Gasteiger partial charge in [0.25, 0.3) is 5.91 Å². The molecule has 0 aliphatic heterocycles. The van der Waals surface area contributed by atoms with Crippen LogP contribution in [0.1, 0.15) is 47.3 Å². The summed E-state index contributed by atoms with van der Waals surface area (Å²) in [5.74, 6) is 2.07. The summed E-state index contributed by atoms with van der Waals surface area (Å²) in [6, 6.07) is 12.0. The number of aromatic nitrogens is 1. The molecule has 3 aromatic rings. The van der Waals surface area contributed by atoms with E-state index in [1.165, 1.54) is 5.56 Å². The number of fused-ring (bicyclic) bond motifs is 1. The van der Waals surface area contributed by atoms with Crippen molar-refractivity contribution in [1.29, 1.82) is 0 Å². The number of aryl methyl sites for hydroxylation is 1. The van der Waals surface area contributed by atoms with Crippen molar-refractivity contribution in [1.82, 2.24) is 9.88 Å². The average molecular weight is 310 g/mol. The fraction of sp³-hybridized carbons (Fsp3) is 0.316. The molecule has 3 rings (SSSR count). The molecule has 0 aliphatic rings. The van der Waals surface area contributed by atoms with Crippen LogP contribution in [0.2, 0.25) is 0 Å². The number of benzene rings is 1. The first-order valence-corrected chi connectivity index (χ1v) is 7.87. The SMILES string of the molecule is Cc1ccc(CN(C)C(=O)c2cc3ccc(C(C)C)cc3[nH]2)o1. The van der Waals surface area contributed by atoms with E-state index in [-0.39, 0.29) is 5.91 Å². The molecule has 0 saturated carbocycles. The Hall–Kier alpha value is -2.49. The van der Waals surface area contributed by atoms with Gasteiger partial charge in [-0.2, -0.15) is 0 Å². The van der Waals surface area contributed by atoms with Crippen molar-refractivity contribution in [2.75, 3.05) is 7.05 Å². The van der Waals surface area contributed by atoms with E-state index >= 15 is 0 Å². The highest BCUT2D eigenvalue weighted by Crippen LogP contribution is 2.22. The number of nitrogens with zero attached hydrogens (tertiary/aromatic N) is 1. The van der Waals surface area contributed by atoms with Crippen LogP contribution in [0.4, 0.5) is 0 Å². The third-order valence-corrected chi connectivity index (χ3v) is 4.08. The largest absolute Gasteiger partial charge is 0.464 e. The number of H-pyrrole nitrogens is 1. The highest BCUT2D eigenvalue weighted by Gasteiger charge is 2.16. The normalized spacial score (nSPS) is 11.3. The van der Waals surface area contributed by atoms with Crippen LogP contribution in [0.15, 0.2) is 40.8 Å². The molecular weight excluding hydrogens is 288 g/mol. The third kappa shape index (κ3) is 3.16. The number of amides is 1. The zero-order valence-electron chi connectivity index (χ0n) is 14.0. The second kappa shape index (κ2) is 5.95. The lowest BCUT2D eigenvalue weighted by atomic mass is 10.0. The van der Waals surface area contributed by atoms with Crippen molar-refractivity contribution in [3.05, 3.63) is 59.2 Å². The maximum absolute atomic E-state index is 12.6. The summed E-state index contributed by atoms with van der Waals surface area (Å²) in [4.78, 5) is 17.5. The minimum absolute atomic E-state index is 0.0404. The van der Waals surface area contributed by atoms with Gasteiger partial charge >= 0.3 is 0 Å². The van der Waals surface area contributed by atoms with E-state index in [0.717, 1.165) is 22.4 Å². The van der Waals surface area contributed by atoms with Crippen molar-refractivity contribution in [2.45, 2.75) is 33.2 Å². The van der Waals surface area contributed by atoms with E-state index < -0.39 is 0 Å². The van der Waals surface area contributed by atoms with E-state index in [4.69, 9.17) is 4.42 Å². The number of carbonyl (C=O) groups excluding carboxylic acids is 1. The predicted octanol–water partition coefficient (Wildman–Crippen LogP) is 4.46. The number of furan rings is 1. The fourth-order valence-corrected chi connectivity index (χ4v) is 2.70. The molecule has 0 fully saturated rings. The molecule has 0 aliphatic carbocycles. The molecule has 0 bridgehead atoms. The summed E-state index contributed by atoms with van der Waals surface area (Å²) in [7, 11) is 1.78. The molecule has 1 amide bonds. The summed E-state index contributed by atoms with van der Waals surface area (Å²) < 4.78 is 5.54. The third-order valence-electron chi connectivity index (χ3n) is 4.08. The number of aromatic amines is 1. The summed E-state index contributed by atoms with van der Waals surface area (Å²) in [6.45, 7) is 6.68. The van der Waals surface area contributed by atoms with Crippen molar-refractivity contribution < 1.29 is 9.21 Å². The summed E-state index contributed by atoms with van der Waals surface area (Å²) in [5.41, 5.74) is 2.87. The summed E-state index contributed by atoms with van der Waals surface area (Å²) in [6.07, 6.45) is 0. The van der Waals surface area contributed by atoms with Crippen LogP contribution in [-0.2, 0) is 6.54 Å². The first-order chi connectivity index (χ1) is 10.9. The van der Waals surface area contributed by atoms with Crippen LogP contribution in [0, 0.1) is 6.92 Å². The van der Waals surface area contributed by atoms with Gasteiger partial charge in [0, 0.05) is 18.0 Å². The smallest absolute Gasteiger partial charge is 0.270 e. The Balaban J connectivity index is 1.82. The second-order valence-corrected chi connectivity index (χ2v) is 6.36.